The van der Waals surface area contributed by atoms with Crippen molar-refractivity contribution in [1.29, 1.82) is 0 Å². The number of carbonyl (C=O) groups excluding carboxylic acids is 1. The first-order valence-electron chi connectivity index (χ1n) is 5.26. The van der Waals surface area contributed by atoms with Gasteiger partial charge in [0, 0.05) is 12.2 Å². The molecule has 5 nitrogen and oxygen atoms in total. The van der Waals surface area contributed by atoms with E-state index in [4.69, 9.17) is 10.5 Å². The Morgan fingerprint density at radius 2 is 2.44 bits per heavy atom. The van der Waals surface area contributed by atoms with Gasteiger partial charge in [-0.2, -0.15) is 0 Å². The van der Waals surface area contributed by atoms with E-state index in [0.29, 0.717) is 12.4 Å². The van der Waals surface area contributed by atoms with Crippen molar-refractivity contribution < 1.29 is 9.53 Å². The molecule has 5 heteroatoms. The van der Waals surface area contributed by atoms with Crippen LogP contribution in [0, 0.1) is 0 Å². The minimum Gasteiger partial charge on any atom is -0.370 e. The molecule has 3 N–H and O–H groups in total. The summed E-state index contributed by atoms with van der Waals surface area (Å²) in [6.07, 6.45) is 2.45. The van der Waals surface area contributed by atoms with Crippen molar-refractivity contribution in [2.24, 2.45) is 5.73 Å². The molecule has 88 valence electrons. The lowest BCUT2D eigenvalue weighted by Gasteiger charge is -2.09. The van der Waals surface area contributed by atoms with Crippen molar-refractivity contribution in [3.8, 4) is 0 Å². The molecule has 1 unspecified atom stereocenters. The first-order valence-corrected chi connectivity index (χ1v) is 5.26. The summed E-state index contributed by atoms with van der Waals surface area (Å²) in [5.74, 6) is 0.304. The number of pyridine rings is 1. The number of hydrogen-bond donors (Lipinski definition) is 2. The van der Waals surface area contributed by atoms with Gasteiger partial charge in [0.1, 0.15) is 12.4 Å². The summed E-state index contributed by atoms with van der Waals surface area (Å²) in [7, 11) is 0. The van der Waals surface area contributed by atoms with E-state index >= 15 is 0 Å². The van der Waals surface area contributed by atoms with Crippen LogP contribution in [0.15, 0.2) is 24.4 Å². The molecule has 0 aromatic carbocycles. The van der Waals surface area contributed by atoms with E-state index in [1.54, 1.807) is 24.4 Å². The molecule has 0 saturated carbocycles. The van der Waals surface area contributed by atoms with Gasteiger partial charge in [0.25, 0.3) is 5.91 Å². The smallest absolute Gasteiger partial charge is 0.251 e. The fourth-order valence-corrected chi connectivity index (χ4v) is 1.04. The van der Waals surface area contributed by atoms with Crippen LogP contribution in [0.2, 0.25) is 0 Å². The van der Waals surface area contributed by atoms with Crippen LogP contribution in [0.25, 0.3) is 0 Å². The second kappa shape index (κ2) is 6.92. The molecule has 0 spiro atoms. The highest BCUT2D eigenvalue weighted by Gasteiger charge is 2.04. The highest BCUT2D eigenvalue weighted by Crippen LogP contribution is 1.99. The van der Waals surface area contributed by atoms with Crippen LogP contribution >= 0.6 is 0 Å². The highest BCUT2D eigenvalue weighted by molar-refractivity contribution is 5.90. The SMILES string of the molecule is CCC(N)COCC(=O)Nc1ccccn1. The predicted octanol–water partition coefficient (Wildman–Crippen LogP) is 0.774. The standard InChI is InChI=1S/C11H17N3O2/c1-2-9(12)7-16-8-11(15)14-10-5-3-4-6-13-10/h3-6,9H,2,7-8,12H2,1H3,(H,13,14,15). The van der Waals surface area contributed by atoms with Gasteiger partial charge in [0.2, 0.25) is 0 Å². The lowest BCUT2D eigenvalue weighted by Crippen LogP contribution is -2.28. The summed E-state index contributed by atoms with van der Waals surface area (Å²) in [5.41, 5.74) is 5.64. The Bertz CT molecular complexity index is 316. The largest absolute Gasteiger partial charge is 0.370 e. The van der Waals surface area contributed by atoms with Crippen molar-refractivity contribution in [2.45, 2.75) is 19.4 Å². The molecular formula is C11H17N3O2. The Labute approximate surface area is 95.0 Å². The zero-order valence-corrected chi connectivity index (χ0v) is 9.35. The number of nitrogens with one attached hydrogen (secondary N) is 1. The monoisotopic (exact) mass is 223 g/mol. The summed E-state index contributed by atoms with van der Waals surface area (Å²) in [4.78, 5) is 15.3. The van der Waals surface area contributed by atoms with Crippen LogP contribution in [0.3, 0.4) is 0 Å². The first-order chi connectivity index (χ1) is 7.72. The summed E-state index contributed by atoms with van der Waals surface area (Å²) in [6.45, 7) is 2.37. The molecule has 0 fully saturated rings. The lowest BCUT2D eigenvalue weighted by molar-refractivity contribution is -0.120. The van der Waals surface area contributed by atoms with Gasteiger partial charge in [-0.15, -0.1) is 0 Å². The van der Waals surface area contributed by atoms with Gasteiger partial charge in [0.05, 0.1) is 6.61 Å². The molecule has 16 heavy (non-hydrogen) atoms. The zero-order chi connectivity index (χ0) is 11.8. The number of nitrogens with two attached hydrogens (primary N) is 1. The molecule has 1 heterocycles. The minimum atomic E-state index is -0.220. The fourth-order valence-electron chi connectivity index (χ4n) is 1.04. The number of nitrogens with zero attached hydrogens (tertiary/aromatic N) is 1. The third kappa shape index (κ3) is 4.86. The zero-order valence-electron chi connectivity index (χ0n) is 9.35. The van der Waals surface area contributed by atoms with Gasteiger partial charge < -0.3 is 15.8 Å². The van der Waals surface area contributed by atoms with Crippen LogP contribution in [0.4, 0.5) is 5.82 Å². The average molecular weight is 223 g/mol. The summed E-state index contributed by atoms with van der Waals surface area (Å²) >= 11 is 0. The summed E-state index contributed by atoms with van der Waals surface area (Å²) < 4.78 is 5.16. The second-order valence-corrected chi connectivity index (χ2v) is 3.45. The molecule has 1 aromatic heterocycles. The van der Waals surface area contributed by atoms with Gasteiger partial charge in [-0.1, -0.05) is 13.0 Å². The molecule has 0 saturated heterocycles. The third-order valence-corrected chi connectivity index (χ3v) is 2.02. The number of hydrogen-bond acceptors (Lipinski definition) is 4. The normalized spacial score (nSPS) is 12.1. The van der Waals surface area contributed by atoms with Crippen LogP contribution in [0.1, 0.15) is 13.3 Å². The van der Waals surface area contributed by atoms with Crippen molar-refractivity contribution >= 4 is 11.7 Å². The van der Waals surface area contributed by atoms with E-state index in [-0.39, 0.29) is 18.6 Å². The number of rotatable bonds is 6. The molecule has 0 radical (unpaired) electrons. The van der Waals surface area contributed by atoms with E-state index in [9.17, 15) is 4.79 Å². The van der Waals surface area contributed by atoms with Crippen molar-refractivity contribution in [2.75, 3.05) is 18.5 Å². The van der Waals surface area contributed by atoms with Gasteiger partial charge >= 0.3 is 0 Å². The Hall–Kier alpha value is -1.46. The number of carbonyl (C=O) groups is 1. The molecule has 0 aliphatic carbocycles. The maximum Gasteiger partial charge on any atom is 0.251 e. The van der Waals surface area contributed by atoms with Gasteiger partial charge in [-0.25, -0.2) is 4.98 Å². The lowest BCUT2D eigenvalue weighted by atomic mass is 10.3. The van der Waals surface area contributed by atoms with E-state index in [2.05, 4.69) is 10.3 Å². The molecule has 1 amide bonds. The molecule has 0 bridgehead atoms. The molecule has 1 atom stereocenters. The first kappa shape index (κ1) is 12.6. The summed E-state index contributed by atoms with van der Waals surface area (Å²) in [6, 6.07) is 5.29. The Morgan fingerprint density at radius 1 is 1.62 bits per heavy atom. The van der Waals surface area contributed by atoms with Crippen LogP contribution in [-0.4, -0.2) is 30.1 Å². The van der Waals surface area contributed by atoms with Crippen molar-refractivity contribution in [3.05, 3.63) is 24.4 Å². The maximum atomic E-state index is 11.4. The highest BCUT2D eigenvalue weighted by atomic mass is 16.5. The van der Waals surface area contributed by atoms with Crippen molar-refractivity contribution in [3.63, 3.8) is 0 Å². The summed E-state index contributed by atoms with van der Waals surface area (Å²) in [5, 5.41) is 2.62. The molecular weight excluding hydrogens is 206 g/mol. The molecule has 1 rings (SSSR count). The van der Waals surface area contributed by atoms with Crippen molar-refractivity contribution in [1.82, 2.24) is 4.98 Å². The van der Waals surface area contributed by atoms with Crippen LogP contribution in [0.5, 0.6) is 0 Å². The van der Waals surface area contributed by atoms with E-state index in [1.807, 2.05) is 6.92 Å². The maximum absolute atomic E-state index is 11.4. The Balaban J connectivity index is 2.21. The topological polar surface area (TPSA) is 77.2 Å². The average Bonchev–Trinajstić information content (AvgIpc) is 2.30. The molecule has 0 aliphatic rings. The van der Waals surface area contributed by atoms with Crippen LogP contribution < -0.4 is 11.1 Å². The quantitative estimate of drug-likeness (QED) is 0.747. The number of amides is 1. The number of aromatic nitrogens is 1. The van der Waals surface area contributed by atoms with E-state index in [1.165, 1.54) is 0 Å². The Morgan fingerprint density at radius 3 is 3.06 bits per heavy atom. The number of anilines is 1. The predicted molar refractivity (Wildman–Crippen MR) is 62.0 cm³/mol. The molecule has 1 aromatic rings. The number of ether oxygens (including phenoxy) is 1. The fraction of sp³-hybridized carbons (Fsp3) is 0.455. The second-order valence-electron chi connectivity index (χ2n) is 3.45. The van der Waals surface area contributed by atoms with Gasteiger partial charge in [-0.3, -0.25) is 4.79 Å². The molecule has 0 aliphatic heterocycles. The minimum absolute atomic E-state index is 0.00424. The third-order valence-electron chi connectivity index (χ3n) is 2.02. The van der Waals surface area contributed by atoms with E-state index in [0.717, 1.165) is 6.42 Å². The Kier molecular flexibility index (Phi) is 5.45. The van der Waals surface area contributed by atoms with Gasteiger partial charge in [-0.05, 0) is 18.6 Å². The van der Waals surface area contributed by atoms with Gasteiger partial charge in [0.15, 0.2) is 0 Å². The van der Waals surface area contributed by atoms with Crippen LogP contribution in [-0.2, 0) is 9.53 Å². The van der Waals surface area contributed by atoms with E-state index < -0.39 is 0 Å².